The van der Waals surface area contributed by atoms with Crippen LogP contribution in [0.1, 0.15) is 12.0 Å². The average Bonchev–Trinajstić information content (AvgIpc) is 2.33. The van der Waals surface area contributed by atoms with Crippen LogP contribution in [0.4, 0.5) is 0 Å². The minimum absolute atomic E-state index is 0.279. The fraction of sp³-hybridized carbons (Fsp3) is 0.500. The van der Waals surface area contributed by atoms with Crippen LogP contribution in [0.5, 0.6) is 0 Å². The Morgan fingerprint density at radius 1 is 1.31 bits per heavy atom. The van der Waals surface area contributed by atoms with E-state index in [1.54, 1.807) is 0 Å². The summed E-state index contributed by atoms with van der Waals surface area (Å²) in [6.07, 6.45) is 1.24. The maximum absolute atomic E-state index is 5.81. The molecular formula is C12H16ClNO2. The van der Waals surface area contributed by atoms with E-state index in [1.807, 2.05) is 24.3 Å². The molecule has 1 aromatic carbocycles. The van der Waals surface area contributed by atoms with E-state index in [0.29, 0.717) is 6.79 Å². The van der Waals surface area contributed by atoms with E-state index in [-0.39, 0.29) is 6.10 Å². The minimum atomic E-state index is 0.279. The SMILES string of the molecule is Clc1ccc(CNCC2CCOCO2)cc1. The van der Waals surface area contributed by atoms with E-state index in [4.69, 9.17) is 21.1 Å². The van der Waals surface area contributed by atoms with Gasteiger partial charge in [-0.3, -0.25) is 0 Å². The van der Waals surface area contributed by atoms with Gasteiger partial charge in [-0.1, -0.05) is 23.7 Å². The van der Waals surface area contributed by atoms with E-state index in [2.05, 4.69) is 5.32 Å². The normalized spacial score (nSPS) is 20.9. The molecule has 0 saturated carbocycles. The number of halogens is 1. The zero-order chi connectivity index (χ0) is 11.2. The predicted molar refractivity (Wildman–Crippen MR) is 63.5 cm³/mol. The molecule has 0 amide bonds. The molecule has 0 spiro atoms. The van der Waals surface area contributed by atoms with Crippen molar-refractivity contribution in [3.63, 3.8) is 0 Å². The Balaban J connectivity index is 1.69. The monoisotopic (exact) mass is 241 g/mol. The molecule has 2 rings (SSSR count). The van der Waals surface area contributed by atoms with Gasteiger partial charge in [0.25, 0.3) is 0 Å². The van der Waals surface area contributed by atoms with Gasteiger partial charge in [0, 0.05) is 18.1 Å². The Bertz CT molecular complexity index is 309. The summed E-state index contributed by atoms with van der Waals surface area (Å²) in [6.45, 7) is 2.93. The molecule has 1 heterocycles. The lowest BCUT2D eigenvalue weighted by Gasteiger charge is -2.23. The van der Waals surface area contributed by atoms with Crippen LogP contribution in [0, 0.1) is 0 Å². The van der Waals surface area contributed by atoms with Crippen LogP contribution in [0.3, 0.4) is 0 Å². The highest BCUT2D eigenvalue weighted by Crippen LogP contribution is 2.09. The van der Waals surface area contributed by atoms with Gasteiger partial charge < -0.3 is 14.8 Å². The topological polar surface area (TPSA) is 30.5 Å². The lowest BCUT2D eigenvalue weighted by Crippen LogP contribution is -2.33. The van der Waals surface area contributed by atoms with E-state index >= 15 is 0 Å². The summed E-state index contributed by atoms with van der Waals surface area (Å²) in [5.74, 6) is 0. The van der Waals surface area contributed by atoms with E-state index < -0.39 is 0 Å². The molecule has 1 aliphatic heterocycles. The number of benzene rings is 1. The Labute approximate surface area is 101 Å². The average molecular weight is 242 g/mol. The van der Waals surface area contributed by atoms with Crippen molar-refractivity contribution in [3.8, 4) is 0 Å². The second-order valence-electron chi connectivity index (χ2n) is 3.86. The summed E-state index contributed by atoms with van der Waals surface area (Å²) in [7, 11) is 0. The molecule has 16 heavy (non-hydrogen) atoms. The minimum Gasteiger partial charge on any atom is -0.355 e. The van der Waals surface area contributed by atoms with Crippen LogP contribution in [0.25, 0.3) is 0 Å². The van der Waals surface area contributed by atoms with Crippen LogP contribution in [0.2, 0.25) is 5.02 Å². The Kier molecular flexibility index (Phi) is 4.60. The van der Waals surface area contributed by atoms with Gasteiger partial charge >= 0.3 is 0 Å². The predicted octanol–water partition coefficient (Wildman–Crippen LogP) is 2.19. The molecule has 1 N–H and O–H groups in total. The van der Waals surface area contributed by atoms with Crippen molar-refractivity contribution in [1.29, 1.82) is 0 Å². The van der Waals surface area contributed by atoms with Gasteiger partial charge in [0.1, 0.15) is 6.79 Å². The van der Waals surface area contributed by atoms with Crippen LogP contribution in [0.15, 0.2) is 24.3 Å². The molecule has 3 nitrogen and oxygen atoms in total. The third-order valence-corrected chi connectivity index (χ3v) is 2.84. The molecular weight excluding hydrogens is 226 g/mol. The first kappa shape index (κ1) is 11.9. The van der Waals surface area contributed by atoms with Crippen molar-refractivity contribution in [2.24, 2.45) is 0 Å². The van der Waals surface area contributed by atoms with Crippen molar-refractivity contribution >= 4 is 11.6 Å². The molecule has 1 aromatic rings. The molecule has 1 atom stereocenters. The summed E-state index contributed by atoms with van der Waals surface area (Å²) in [4.78, 5) is 0. The highest BCUT2D eigenvalue weighted by molar-refractivity contribution is 6.30. The van der Waals surface area contributed by atoms with Crippen LogP contribution < -0.4 is 5.32 Å². The molecule has 1 fully saturated rings. The fourth-order valence-electron chi connectivity index (χ4n) is 1.64. The Morgan fingerprint density at radius 3 is 2.81 bits per heavy atom. The first-order chi connectivity index (χ1) is 7.84. The molecule has 0 bridgehead atoms. The van der Waals surface area contributed by atoms with Crippen molar-refractivity contribution in [3.05, 3.63) is 34.9 Å². The maximum Gasteiger partial charge on any atom is 0.147 e. The van der Waals surface area contributed by atoms with Crippen molar-refractivity contribution in [2.45, 2.75) is 19.1 Å². The van der Waals surface area contributed by atoms with Crippen molar-refractivity contribution < 1.29 is 9.47 Å². The van der Waals surface area contributed by atoms with E-state index in [0.717, 1.165) is 31.1 Å². The molecule has 88 valence electrons. The summed E-state index contributed by atoms with van der Waals surface area (Å²) in [6, 6.07) is 7.87. The summed E-state index contributed by atoms with van der Waals surface area (Å²) >= 11 is 5.81. The third kappa shape index (κ3) is 3.76. The number of ether oxygens (including phenoxy) is 2. The fourth-order valence-corrected chi connectivity index (χ4v) is 1.77. The summed E-state index contributed by atoms with van der Waals surface area (Å²) in [5.41, 5.74) is 1.23. The summed E-state index contributed by atoms with van der Waals surface area (Å²) < 4.78 is 10.5. The number of hydrogen-bond acceptors (Lipinski definition) is 3. The van der Waals surface area contributed by atoms with Gasteiger partial charge in [0.05, 0.1) is 12.7 Å². The van der Waals surface area contributed by atoms with E-state index in [1.165, 1.54) is 5.56 Å². The van der Waals surface area contributed by atoms with Gasteiger partial charge in [0.2, 0.25) is 0 Å². The molecule has 1 unspecified atom stereocenters. The lowest BCUT2D eigenvalue weighted by atomic mass is 10.2. The number of hydrogen-bond donors (Lipinski definition) is 1. The molecule has 0 aliphatic carbocycles. The highest BCUT2D eigenvalue weighted by Gasteiger charge is 2.12. The van der Waals surface area contributed by atoms with Crippen molar-refractivity contribution in [2.75, 3.05) is 19.9 Å². The standard InChI is InChI=1S/C12H16ClNO2/c13-11-3-1-10(2-4-11)7-14-8-12-5-6-15-9-16-12/h1-4,12,14H,5-9H2. The molecule has 0 aromatic heterocycles. The van der Waals surface area contributed by atoms with Crippen molar-refractivity contribution in [1.82, 2.24) is 5.32 Å². The number of nitrogens with one attached hydrogen (secondary N) is 1. The maximum atomic E-state index is 5.81. The zero-order valence-corrected chi connectivity index (χ0v) is 9.87. The van der Waals surface area contributed by atoms with Crippen LogP contribution in [-0.2, 0) is 16.0 Å². The van der Waals surface area contributed by atoms with Gasteiger partial charge in [-0.25, -0.2) is 0 Å². The largest absolute Gasteiger partial charge is 0.355 e. The van der Waals surface area contributed by atoms with Crippen LogP contribution >= 0.6 is 11.6 Å². The van der Waals surface area contributed by atoms with Crippen LogP contribution in [-0.4, -0.2) is 26.0 Å². The molecule has 1 saturated heterocycles. The lowest BCUT2D eigenvalue weighted by molar-refractivity contribution is -0.137. The second-order valence-corrected chi connectivity index (χ2v) is 4.30. The number of rotatable bonds is 4. The van der Waals surface area contributed by atoms with Gasteiger partial charge in [-0.2, -0.15) is 0 Å². The molecule has 4 heteroatoms. The molecule has 1 aliphatic rings. The third-order valence-electron chi connectivity index (χ3n) is 2.59. The second kappa shape index (κ2) is 6.21. The van der Waals surface area contributed by atoms with Gasteiger partial charge in [0.15, 0.2) is 0 Å². The Morgan fingerprint density at radius 2 is 2.12 bits per heavy atom. The smallest absolute Gasteiger partial charge is 0.147 e. The quantitative estimate of drug-likeness (QED) is 0.877. The first-order valence-electron chi connectivity index (χ1n) is 5.49. The zero-order valence-electron chi connectivity index (χ0n) is 9.12. The van der Waals surface area contributed by atoms with Gasteiger partial charge in [-0.15, -0.1) is 0 Å². The Hall–Kier alpha value is -0.610. The first-order valence-corrected chi connectivity index (χ1v) is 5.87. The highest BCUT2D eigenvalue weighted by atomic mass is 35.5. The summed E-state index contributed by atoms with van der Waals surface area (Å²) in [5, 5.41) is 4.14. The van der Waals surface area contributed by atoms with Gasteiger partial charge in [-0.05, 0) is 24.1 Å². The molecule has 0 radical (unpaired) electrons. The van der Waals surface area contributed by atoms with E-state index in [9.17, 15) is 0 Å².